The summed E-state index contributed by atoms with van der Waals surface area (Å²) in [5.74, 6) is 0.634. The van der Waals surface area contributed by atoms with E-state index < -0.39 is 0 Å². The minimum Gasteiger partial charge on any atom is -0.373 e. The van der Waals surface area contributed by atoms with Gasteiger partial charge in [0.1, 0.15) is 11.3 Å². The fraction of sp³-hybridized carbons (Fsp3) is 0.286. The molecule has 0 aliphatic carbocycles. The van der Waals surface area contributed by atoms with Crippen molar-refractivity contribution in [2.75, 3.05) is 7.11 Å². The molecule has 2 aromatic rings. The van der Waals surface area contributed by atoms with Crippen molar-refractivity contribution in [3.05, 3.63) is 44.9 Å². The van der Waals surface area contributed by atoms with Crippen molar-refractivity contribution in [3.8, 4) is 11.3 Å². The monoisotopic (exact) mass is 388 g/mol. The Morgan fingerprint density at radius 1 is 1.26 bits per heavy atom. The van der Waals surface area contributed by atoms with Crippen LogP contribution in [0.2, 0.25) is 5.15 Å². The number of halogens is 2. The molecule has 1 heterocycles. The molecule has 0 amide bonds. The Kier molecular flexibility index (Phi) is 5.13. The first-order valence-electron chi connectivity index (χ1n) is 5.98. The first kappa shape index (κ1) is 14.7. The summed E-state index contributed by atoms with van der Waals surface area (Å²) >= 11 is 8.39. The van der Waals surface area contributed by atoms with Crippen LogP contribution in [0.5, 0.6) is 0 Å². The first-order chi connectivity index (χ1) is 9.17. The van der Waals surface area contributed by atoms with Crippen LogP contribution in [-0.2, 0) is 4.74 Å². The van der Waals surface area contributed by atoms with Crippen LogP contribution in [0.1, 0.15) is 25.3 Å². The van der Waals surface area contributed by atoms with Gasteiger partial charge in [0.15, 0.2) is 5.82 Å². The normalized spacial score (nSPS) is 12.4. The van der Waals surface area contributed by atoms with Crippen LogP contribution in [0.15, 0.2) is 30.3 Å². The summed E-state index contributed by atoms with van der Waals surface area (Å²) in [5, 5.41) is 0.472. The minimum atomic E-state index is -0.128. The molecule has 0 aliphatic rings. The molecule has 1 unspecified atom stereocenters. The number of rotatable bonds is 4. The molecule has 1 aromatic heterocycles. The van der Waals surface area contributed by atoms with Crippen molar-refractivity contribution in [3.63, 3.8) is 0 Å². The number of hydrogen-bond acceptors (Lipinski definition) is 3. The molecule has 0 fully saturated rings. The summed E-state index contributed by atoms with van der Waals surface area (Å²) in [6.45, 7) is 2.03. The average Bonchev–Trinajstić information content (AvgIpc) is 2.44. The lowest BCUT2D eigenvalue weighted by atomic mass is 10.1. The van der Waals surface area contributed by atoms with E-state index in [-0.39, 0.29) is 6.10 Å². The number of benzene rings is 1. The second-order valence-electron chi connectivity index (χ2n) is 4.03. The largest absolute Gasteiger partial charge is 0.373 e. The molecule has 2 rings (SSSR count). The highest BCUT2D eigenvalue weighted by Gasteiger charge is 2.17. The molecule has 100 valence electrons. The van der Waals surface area contributed by atoms with E-state index >= 15 is 0 Å². The van der Waals surface area contributed by atoms with E-state index in [9.17, 15) is 0 Å². The summed E-state index contributed by atoms with van der Waals surface area (Å²) in [6, 6.07) is 9.96. The summed E-state index contributed by atoms with van der Waals surface area (Å²) in [7, 11) is 1.66. The first-order valence-corrected chi connectivity index (χ1v) is 7.44. The standard InChI is InChI=1S/C14H14ClIN2O/c1-3-10(19-2)14-17-12(11(16)13(15)18-14)9-7-5-4-6-8-9/h4-8,10H,3H2,1-2H3. The number of nitrogens with zero attached hydrogens (tertiary/aromatic N) is 2. The maximum atomic E-state index is 6.21. The van der Waals surface area contributed by atoms with Crippen LogP contribution < -0.4 is 0 Å². The topological polar surface area (TPSA) is 35.0 Å². The van der Waals surface area contributed by atoms with E-state index in [2.05, 4.69) is 32.6 Å². The average molecular weight is 389 g/mol. The third-order valence-corrected chi connectivity index (χ3v) is 4.43. The lowest BCUT2D eigenvalue weighted by Crippen LogP contribution is -2.08. The molecule has 0 saturated heterocycles. The van der Waals surface area contributed by atoms with E-state index in [4.69, 9.17) is 16.3 Å². The molecule has 0 aliphatic heterocycles. The van der Waals surface area contributed by atoms with E-state index in [1.54, 1.807) is 7.11 Å². The molecule has 0 radical (unpaired) electrons. The third kappa shape index (κ3) is 3.24. The van der Waals surface area contributed by atoms with Gasteiger partial charge in [-0.05, 0) is 29.0 Å². The summed E-state index contributed by atoms with van der Waals surface area (Å²) in [4.78, 5) is 8.94. The van der Waals surface area contributed by atoms with Crippen LogP contribution in [0.25, 0.3) is 11.3 Å². The maximum Gasteiger partial charge on any atom is 0.159 e. The third-order valence-electron chi connectivity index (χ3n) is 2.82. The molecule has 5 heteroatoms. The van der Waals surface area contributed by atoms with Gasteiger partial charge in [0.25, 0.3) is 0 Å². The molecular weight excluding hydrogens is 375 g/mol. The molecule has 0 bridgehead atoms. The lowest BCUT2D eigenvalue weighted by Gasteiger charge is -2.14. The fourth-order valence-electron chi connectivity index (χ4n) is 1.82. The van der Waals surface area contributed by atoms with Gasteiger partial charge in [-0.1, -0.05) is 48.9 Å². The van der Waals surface area contributed by atoms with Gasteiger partial charge < -0.3 is 4.74 Å². The predicted molar refractivity (Wildman–Crippen MR) is 85.2 cm³/mol. The van der Waals surface area contributed by atoms with Gasteiger partial charge in [0, 0.05) is 12.7 Å². The molecular formula is C14H14ClIN2O. The second kappa shape index (κ2) is 6.63. The van der Waals surface area contributed by atoms with E-state index in [1.165, 1.54) is 0 Å². The zero-order valence-corrected chi connectivity index (χ0v) is 13.6. The van der Waals surface area contributed by atoms with Crippen LogP contribution in [0.3, 0.4) is 0 Å². The molecule has 1 atom stereocenters. The van der Waals surface area contributed by atoms with Gasteiger partial charge in [-0.25, -0.2) is 9.97 Å². The van der Waals surface area contributed by atoms with Crippen LogP contribution in [0.4, 0.5) is 0 Å². The Morgan fingerprint density at radius 3 is 2.53 bits per heavy atom. The molecule has 1 aromatic carbocycles. The highest BCUT2D eigenvalue weighted by molar-refractivity contribution is 14.1. The van der Waals surface area contributed by atoms with Gasteiger partial charge in [0.2, 0.25) is 0 Å². The Hall–Kier alpha value is -0.720. The minimum absolute atomic E-state index is 0.128. The van der Waals surface area contributed by atoms with Gasteiger partial charge in [-0.2, -0.15) is 0 Å². The lowest BCUT2D eigenvalue weighted by molar-refractivity contribution is 0.0926. The molecule has 0 saturated carbocycles. The SMILES string of the molecule is CCC(OC)c1nc(Cl)c(I)c(-c2ccccc2)n1. The zero-order chi connectivity index (χ0) is 13.8. The zero-order valence-electron chi connectivity index (χ0n) is 10.7. The van der Waals surface area contributed by atoms with Gasteiger partial charge in [0.05, 0.1) is 9.26 Å². The molecule has 3 nitrogen and oxygen atoms in total. The Morgan fingerprint density at radius 2 is 1.95 bits per heavy atom. The Bertz CT molecular complexity index is 559. The Labute approximate surface area is 131 Å². The molecule has 19 heavy (non-hydrogen) atoms. The number of ether oxygens (including phenoxy) is 1. The van der Waals surface area contributed by atoms with Gasteiger partial charge in [-0.3, -0.25) is 0 Å². The molecule has 0 spiro atoms. The van der Waals surface area contributed by atoms with Crippen LogP contribution in [0, 0.1) is 3.57 Å². The van der Waals surface area contributed by atoms with Crippen molar-refractivity contribution in [2.24, 2.45) is 0 Å². The second-order valence-corrected chi connectivity index (χ2v) is 5.47. The maximum absolute atomic E-state index is 6.21. The van der Waals surface area contributed by atoms with Gasteiger partial charge in [-0.15, -0.1) is 0 Å². The van der Waals surface area contributed by atoms with Crippen molar-refractivity contribution in [2.45, 2.75) is 19.4 Å². The Balaban J connectivity index is 2.55. The summed E-state index contributed by atoms with van der Waals surface area (Å²) in [5.41, 5.74) is 1.88. The van der Waals surface area contributed by atoms with Crippen molar-refractivity contribution < 1.29 is 4.74 Å². The van der Waals surface area contributed by atoms with Crippen molar-refractivity contribution in [1.29, 1.82) is 0 Å². The summed E-state index contributed by atoms with van der Waals surface area (Å²) < 4.78 is 6.25. The molecule has 0 N–H and O–H groups in total. The van der Waals surface area contributed by atoms with Crippen LogP contribution in [-0.4, -0.2) is 17.1 Å². The van der Waals surface area contributed by atoms with Gasteiger partial charge >= 0.3 is 0 Å². The quantitative estimate of drug-likeness (QED) is 0.571. The van der Waals surface area contributed by atoms with Crippen LogP contribution >= 0.6 is 34.2 Å². The predicted octanol–water partition coefficient (Wildman–Crippen LogP) is 4.50. The summed E-state index contributed by atoms with van der Waals surface area (Å²) in [6.07, 6.45) is 0.679. The van der Waals surface area contributed by atoms with E-state index in [1.807, 2.05) is 37.3 Å². The number of aromatic nitrogens is 2. The van der Waals surface area contributed by atoms with E-state index in [0.29, 0.717) is 11.0 Å². The number of methoxy groups -OCH3 is 1. The highest BCUT2D eigenvalue weighted by atomic mass is 127. The van der Waals surface area contributed by atoms with Crippen molar-refractivity contribution >= 4 is 34.2 Å². The smallest absolute Gasteiger partial charge is 0.159 e. The van der Waals surface area contributed by atoms with Crippen molar-refractivity contribution in [1.82, 2.24) is 9.97 Å². The fourth-order valence-corrected chi connectivity index (χ4v) is 2.55. The highest BCUT2D eigenvalue weighted by Crippen LogP contribution is 2.30. The van der Waals surface area contributed by atoms with E-state index in [0.717, 1.165) is 21.2 Å². The number of hydrogen-bond donors (Lipinski definition) is 0.